The fourth-order valence-corrected chi connectivity index (χ4v) is 3.91. The molecule has 0 N–H and O–H groups in total. The second-order valence-electron chi connectivity index (χ2n) is 7.09. The molecule has 4 aromatic rings. The van der Waals surface area contributed by atoms with Crippen molar-refractivity contribution in [2.45, 2.75) is 6.92 Å². The van der Waals surface area contributed by atoms with E-state index >= 15 is 0 Å². The first kappa shape index (κ1) is 19.5. The van der Waals surface area contributed by atoms with Gasteiger partial charge in [0, 0.05) is 34.2 Å². The van der Waals surface area contributed by atoms with Crippen LogP contribution in [0.1, 0.15) is 6.92 Å². The van der Waals surface area contributed by atoms with Crippen molar-refractivity contribution in [1.29, 1.82) is 0 Å². The van der Waals surface area contributed by atoms with Gasteiger partial charge in [-0.1, -0.05) is 35.3 Å². The predicted molar refractivity (Wildman–Crippen MR) is 127 cm³/mol. The van der Waals surface area contributed by atoms with Gasteiger partial charge in [0.15, 0.2) is 5.78 Å². The zero-order chi connectivity index (χ0) is 21.5. The SMILES string of the molecule is CC(=O)C1=NN(c2ccc(Cl)cc2)c2ccc3cccnc3c2N1c1ccc(Cl)cc1. The highest BCUT2D eigenvalue weighted by molar-refractivity contribution is 6.46. The topological polar surface area (TPSA) is 48.8 Å². The molecule has 0 saturated carbocycles. The fourth-order valence-electron chi connectivity index (χ4n) is 3.66. The lowest BCUT2D eigenvalue weighted by Gasteiger charge is -2.36. The zero-order valence-corrected chi connectivity index (χ0v) is 18.0. The molecule has 0 unspecified atom stereocenters. The first-order valence-corrected chi connectivity index (χ1v) is 10.4. The molecular formula is C24H16Cl2N4O. The lowest BCUT2D eigenvalue weighted by Crippen LogP contribution is -2.38. The number of Topliss-reactive ketones (excluding diaryl/α,β-unsaturated/α-hetero) is 1. The molecule has 1 aromatic heterocycles. The van der Waals surface area contributed by atoms with Crippen molar-refractivity contribution >= 4 is 68.5 Å². The summed E-state index contributed by atoms with van der Waals surface area (Å²) in [5.41, 5.74) is 3.90. The Labute approximate surface area is 189 Å². The highest BCUT2D eigenvalue weighted by Crippen LogP contribution is 2.45. The van der Waals surface area contributed by atoms with Crippen molar-refractivity contribution in [3.63, 3.8) is 0 Å². The third-order valence-corrected chi connectivity index (χ3v) is 5.56. The molecule has 3 aromatic carbocycles. The van der Waals surface area contributed by atoms with Gasteiger partial charge in [-0.2, -0.15) is 0 Å². The number of halogens is 2. The second-order valence-corrected chi connectivity index (χ2v) is 7.96. The quantitative estimate of drug-likeness (QED) is 0.349. The summed E-state index contributed by atoms with van der Waals surface area (Å²) in [7, 11) is 0. The molecule has 152 valence electrons. The number of rotatable bonds is 3. The average molecular weight is 447 g/mol. The van der Waals surface area contributed by atoms with Gasteiger partial charge in [0.2, 0.25) is 5.84 Å². The summed E-state index contributed by atoms with van der Waals surface area (Å²) >= 11 is 12.2. The average Bonchev–Trinajstić information content (AvgIpc) is 2.79. The molecule has 5 nitrogen and oxygen atoms in total. The van der Waals surface area contributed by atoms with Gasteiger partial charge in [0.1, 0.15) is 0 Å². The second kappa shape index (κ2) is 7.69. The molecule has 0 bridgehead atoms. The summed E-state index contributed by atoms with van der Waals surface area (Å²) < 4.78 is 0. The van der Waals surface area contributed by atoms with E-state index < -0.39 is 0 Å². The van der Waals surface area contributed by atoms with Crippen LogP contribution in [0.15, 0.2) is 84.1 Å². The van der Waals surface area contributed by atoms with E-state index in [0.29, 0.717) is 10.0 Å². The van der Waals surface area contributed by atoms with Crippen molar-refractivity contribution in [1.82, 2.24) is 4.98 Å². The van der Waals surface area contributed by atoms with Gasteiger partial charge in [-0.3, -0.25) is 14.7 Å². The largest absolute Gasteiger partial charge is 0.291 e. The minimum Gasteiger partial charge on any atom is -0.291 e. The molecule has 7 heteroatoms. The number of amidine groups is 1. The zero-order valence-electron chi connectivity index (χ0n) is 16.5. The Morgan fingerprint density at radius 2 is 1.48 bits per heavy atom. The van der Waals surface area contributed by atoms with E-state index in [1.54, 1.807) is 35.5 Å². The third kappa shape index (κ3) is 3.42. The minimum atomic E-state index is -0.174. The third-order valence-electron chi connectivity index (χ3n) is 5.06. The van der Waals surface area contributed by atoms with E-state index in [1.165, 1.54) is 6.92 Å². The highest BCUT2D eigenvalue weighted by Gasteiger charge is 2.32. The molecule has 0 amide bonds. The summed E-state index contributed by atoms with van der Waals surface area (Å²) in [6, 6.07) is 22.5. The van der Waals surface area contributed by atoms with Gasteiger partial charge in [-0.15, -0.1) is 5.10 Å². The molecule has 31 heavy (non-hydrogen) atoms. The Morgan fingerprint density at radius 1 is 0.839 bits per heavy atom. The van der Waals surface area contributed by atoms with Crippen LogP contribution >= 0.6 is 23.2 Å². The Bertz CT molecular complexity index is 1330. The first-order valence-electron chi connectivity index (χ1n) is 9.61. The number of anilines is 4. The molecule has 0 atom stereocenters. The van der Waals surface area contributed by atoms with Gasteiger partial charge in [0.25, 0.3) is 0 Å². The first-order chi connectivity index (χ1) is 15.0. The van der Waals surface area contributed by atoms with Crippen LogP contribution in [0.4, 0.5) is 22.7 Å². The van der Waals surface area contributed by atoms with Crippen LogP contribution in [0.2, 0.25) is 10.0 Å². The van der Waals surface area contributed by atoms with Crippen LogP contribution in [0.3, 0.4) is 0 Å². The lowest BCUT2D eigenvalue weighted by atomic mass is 10.1. The number of hydrazone groups is 1. The smallest absolute Gasteiger partial charge is 0.201 e. The van der Waals surface area contributed by atoms with Crippen molar-refractivity contribution in [2.24, 2.45) is 5.10 Å². The summed E-state index contributed by atoms with van der Waals surface area (Å²) in [5.74, 6) is 0.107. The van der Waals surface area contributed by atoms with E-state index in [9.17, 15) is 4.79 Å². The summed E-state index contributed by atoms with van der Waals surface area (Å²) in [5, 5.41) is 8.68. The van der Waals surface area contributed by atoms with Crippen LogP contribution in [0, 0.1) is 0 Å². The number of carbonyl (C=O) groups is 1. The van der Waals surface area contributed by atoms with Gasteiger partial charge in [-0.25, -0.2) is 5.01 Å². The Hall–Kier alpha value is -3.41. The number of hydrogen-bond donors (Lipinski definition) is 0. The van der Waals surface area contributed by atoms with Gasteiger partial charge >= 0.3 is 0 Å². The van der Waals surface area contributed by atoms with E-state index in [4.69, 9.17) is 28.3 Å². The number of fused-ring (bicyclic) bond motifs is 3. The van der Waals surface area contributed by atoms with Crippen LogP contribution in [0.5, 0.6) is 0 Å². The number of carbonyl (C=O) groups excluding carboxylic acids is 1. The standard InChI is InChI=1S/C24H16Cl2N4O/c1-15(31)24-28-30(20-11-7-18(26)8-12-20)21-13-4-16-3-2-14-27-22(16)23(21)29(24)19-9-5-17(25)6-10-19/h2-14H,1H3. The molecule has 0 saturated heterocycles. The summed E-state index contributed by atoms with van der Waals surface area (Å²) in [4.78, 5) is 19.2. The monoisotopic (exact) mass is 446 g/mol. The maximum Gasteiger partial charge on any atom is 0.201 e. The van der Waals surface area contributed by atoms with E-state index in [1.807, 2.05) is 53.4 Å². The molecule has 0 aliphatic carbocycles. The molecule has 5 rings (SSSR count). The highest BCUT2D eigenvalue weighted by atomic mass is 35.5. The lowest BCUT2D eigenvalue weighted by molar-refractivity contribution is -0.111. The van der Waals surface area contributed by atoms with Crippen molar-refractivity contribution in [3.05, 3.63) is 89.0 Å². The fraction of sp³-hybridized carbons (Fsp3) is 0.0417. The van der Waals surface area contributed by atoms with Crippen molar-refractivity contribution in [3.8, 4) is 0 Å². The molecule has 0 spiro atoms. The molecule has 1 aliphatic heterocycles. The van der Waals surface area contributed by atoms with Crippen LogP contribution in [-0.2, 0) is 4.79 Å². The van der Waals surface area contributed by atoms with Crippen LogP contribution in [0.25, 0.3) is 10.9 Å². The van der Waals surface area contributed by atoms with E-state index in [2.05, 4.69) is 4.98 Å². The van der Waals surface area contributed by atoms with Gasteiger partial charge in [0.05, 0.1) is 22.6 Å². The van der Waals surface area contributed by atoms with Gasteiger partial charge < -0.3 is 0 Å². The number of hydrogen-bond acceptors (Lipinski definition) is 5. The maximum absolute atomic E-state index is 12.8. The molecule has 0 radical (unpaired) electrons. The number of aromatic nitrogens is 1. The van der Waals surface area contributed by atoms with E-state index in [-0.39, 0.29) is 11.6 Å². The Kier molecular flexibility index (Phi) is 4.85. The molecule has 2 heterocycles. The number of ketones is 1. The van der Waals surface area contributed by atoms with Gasteiger partial charge in [-0.05, 0) is 60.7 Å². The number of pyridine rings is 1. The molecule has 1 aliphatic rings. The molecule has 0 fully saturated rings. The minimum absolute atomic E-state index is 0.174. The maximum atomic E-state index is 12.8. The van der Waals surface area contributed by atoms with Crippen LogP contribution in [-0.4, -0.2) is 16.6 Å². The summed E-state index contributed by atoms with van der Waals surface area (Å²) in [6.07, 6.45) is 1.74. The normalized spacial score (nSPS) is 13.2. The predicted octanol–water partition coefficient (Wildman–Crippen LogP) is 6.73. The van der Waals surface area contributed by atoms with Crippen molar-refractivity contribution in [2.75, 3.05) is 9.91 Å². The Morgan fingerprint density at radius 3 is 2.13 bits per heavy atom. The Balaban J connectivity index is 1.83. The van der Waals surface area contributed by atoms with Crippen molar-refractivity contribution < 1.29 is 4.79 Å². The summed E-state index contributed by atoms with van der Waals surface area (Å²) in [6.45, 7) is 1.51. The number of nitrogens with zero attached hydrogens (tertiary/aromatic N) is 4. The van der Waals surface area contributed by atoms with Crippen LogP contribution < -0.4 is 9.91 Å². The number of benzene rings is 3. The molecular weight excluding hydrogens is 431 g/mol. The van der Waals surface area contributed by atoms with E-state index in [0.717, 1.165) is 33.7 Å².